The molecule has 1 aromatic rings. The molecule has 0 aliphatic rings. The number of rotatable bonds is 5. The third-order valence-electron chi connectivity index (χ3n) is 2.96. The van der Waals surface area contributed by atoms with E-state index in [-0.39, 0.29) is 17.7 Å². The molecule has 0 spiro atoms. The van der Waals surface area contributed by atoms with Crippen molar-refractivity contribution in [2.24, 2.45) is 0 Å². The van der Waals surface area contributed by atoms with Crippen LogP contribution in [0.1, 0.15) is 32.3 Å². The molecule has 21 heavy (non-hydrogen) atoms. The molecule has 2 amide bonds. The lowest BCUT2D eigenvalue weighted by Crippen LogP contribution is -2.53. The summed E-state index contributed by atoms with van der Waals surface area (Å²) < 4.78 is 13.0. The van der Waals surface area contributed by atoms with E-state index < -0.39 is 23.4 Å². The maximum atomic E-state index is 13.0. The Hall–Kier alpha value is -2.62. The Balaban J connectivity index is 2.87. The number of nitrogens with zero attached hydrogens (tertiary/aromatic N) is 1. The minimum atomic E-state index is -1.41. The predicted octanol–water partition coefficient (Wildman–Crippen LogP) is 2.46. The van der Waals surface area contributed by atoms with Crippen molar-refractivity contribution in [3.05, 3.63) is 29.6 Å². The van der Waals surface area contributed by atoms with E-state index in [1.165, 1.54) is 13.0 Å². The summed E-state index contributed by atoms with van der Waals surface area (Å²) in [5.41, 5.74) is -1.34. The third-order valence-corrected chi connectivity index (χ3v) is 2.96. The molecule has 1 atom stereocenters. The Morgan fingerprint density at radius 1 is 1.48 bits per heavy atom. The van der Waals surface area contributed by atoms with E-state index in [1.807, 2.05) is 0 Å². The van der Waals surface area contributed by atoms with E-state index in [0.29, 0.717) is 6.42 Å². The summed E-state index contributed by atoms with van der Waals surface area (Å²) in [5, 5.41) is 22.8. The molecule has 1 unspecified atom stereocenters. The molecule has 3 N–H and O–H groups in total. The van der Waals surface area contributed by atoms with Crippen LogP contribution in [0.3, 0.4) is 0 Å². The highest BCUT2D eigenvalue weighted by molar-refractivity contribution is 5.94. The molecule has 0 saturated heterocycles. The third kappa shape index (κ3) is 4.18. The summed E-state index contributed by atoms with van der Waals surface area (Å²) in [6.07, 6.45) is 0.827. The number of anilines is 1. The van der Waals surface area contributed by atoms with Crippen molar-refractivity contribution in [1.29, 1.82) is 5.26 Å². The number of nitriles is 1. The molecule has 0 bridgehead atoms. The van der Waals surface area contributed by atoms with Crippen molar-refractivity contribution >= 4 is 17.7 Å². The summed E-state index contributed by atoms with van der Waals surface area (Å²) in [6.45, 7) is 3.20. The predicted molar refractivity (Wildman–Crippen MR) is 74.2 cm³/mol. The van der Waals surface area contributed by atoms with Gasteiger partial charge in [0, 0.05) is 0 Å². The molecular weight excluding hydrogens is 277 g/mol. The molecule has 7 heteroatoms. The lowest BCUT2D eigenvalue weighted by atomic mass is 9.97. The molecule has 0 radical (unpaired) electrons. The monoisotopic (exact) mass is 293 g/mol. The number of hydrogen-bond donors (Lipinski definition) is 3. The van der Waals surface area contributed by atoms with E-state index in [1.54, 1.807) is 13.0 Å². The van der Waals surface area contributed by atoms with Crippen LogP contribution in [-0.2, 0) is 4.79 Å². The van der Waals surface area contributed by atoms with Gasteiger partial charge in [0.25, 0.3) is 0 Å². The number of aliphatic carboxylic acids is 1. The van der Waals surface area contributed by atoms with Crippen LogP contribution in [0.4, 0.5) is 14.9 Å². The lowest BCUT2D eigenvalue weighted by molar-refractivity contribution is -0.143. The second-order valence-corrected chi connectivity index (χ2v) is 4.77. The standard InChI is InChI=1S/C14H16FN3O3/c1-3-6-14(2,12(19)20)18-13(21)17-11-5-4-10(15)7-9(11)8-16/h4-5,7H,3,6H2,1-2H3,(H,19,20)(H2,17,18,21). The van der Waals surface area contributed by atoms with Gasteiger partial charge in [-0.3, -0.25) is 0 Å². The summed E-state index contributed by atoms with van der Waals surface area (Å²) >= 11 is 0. The number of amides is 2. The zero-order chi connectivity index (χ0) is 16.0. The van der Waals surface area contributed by atoms with Gasteiger partial charge in [-0.25, -0.2) is 14.0 Å². The quantitative estimate of drug-likeness (QED) is 0.776. The Bertz CT molecular complexity index is 598. The van der Waals surface area contributed by atoms with Gasteiger partial charge in [-0.2, -0.15) is 5.26 Å². The molecule has 0 saturated carbocycles. The number of carboxylic acid groups (broad SMARTS) is 1. The Morgan fingerprint density at radius 3 is 2.67 bits per heavy atom. The largest absolute Gasteiger partial charge is 0.480 e. The first kappa shape index (κ1) is 16.4. The number of nitrogens with one attached hydrogen (secondary N) is 2. The molecule has 6 nitrogen and oxygen atoms in total. The first-order valence-corrected chi connectivity index (χ1v) is 6.34. The first-order valence-electron chi connectivity index (χ1n) is 6.34. The van der Waals surface area contributed by atoms with Gasteiger partial charge in [0.15, 0.2) is 0 Å². The van der Waals surface area contributed by atoms with E-state index in [0.717, 1.165) is 12.1 Å². The van der Waals surface area contributed by atoms with Gasteiger partial charge >= 0.3 is 12.0 Å². The van der Waals surface area contributed by atoms with Gasteiger partial charge in [-0.15, -0.1) is 0 Å². The highest BCUT2D eigenvalue weighted by Gasteiger charge is 2.33. The Kier molecular flexibility index (Phi) is 5.24. The van der Waals surface area contributed by atoms with Crippen molar-refractivity contribution in [3.63, 3.8) is 0 Å². The second kappa shape index (κ2) is 6.70. The van der Waals surface area contributed by atoms with Gasteiger partial charge in [0.1, 0.15) is 17.4 Å². The molecule has 1 rings (SSSR count). The van der Waals surface area contributed by atoms with Crippen molar-refractivity contribution in [2.45, 2.75) is 32.2 Å². The molecule has 0 fully saturated rings. The van der Waals surface area contributed by atoms with Crippen LogP contribution >= 0.6 is 0 Å². The minimum Gasteiger partial charge on any atom is -0.480 e. The fourth-order valence-electron chi connectivity index (χ4n) is 1.85. The Labute approximate surface area is 121 Å². The average Bonchev–Trinajstić information content (AvgIpc) is 2.40. The number of carboxylic acids is 1. The van der Waals surface area contributed by atoms with E-state index in [4.69, 9.17) is 5.26 Å². The number of urea groups is 1. The molecule has 0 heterocycles. The molecule has 1 aromatic carbocycles. The summed E-state index contributed by atoms with van der Waals surface area (Å²) in [4.78, 5) is 23.1. The van der Waals surface area contributed by atoms with Crippen molar-refractivity contribution in [1.82, 2.24) is 5.32 Å². The van der Waals surface area contributed by atoms with Crippen LogP contribution < -0.4 is 10.6 Å². The van der Waals surface area contributed by atoms with Crippen LogP contribution in [0.2, 0.25) is 0 Å². The highest BCUT2D eigenvalue weighted by Crippen LogP contribution is 2.17. The van der Waals surface area contributed by atoms with Gasteiger partial charge < -0.3 is 15.7 Å². The van der Waals surface area contributed by atoms with Crippen LogP contribution in [0.25, 0.3) is 0 Å². The van der Waals surface area contributed by atoms with Gasteiger partial charge in [0.2, 0.25) is 0 Å². The van der Waals surface area contributed by atoms with Crippen LogP contribution in [0.15, 0.2) is 18.2 Å². The SMILES string of the molecule is CCCC(C)(NC(=O)Nc1ccc(F)cc1C#N)C(=O)O. The smallest absolute Gasteiger partial charge is 0.329 e. The summed E-state index contributed by atoms with van der Waals surface area (Å²) in [5.74, 6) is -1.75. The number of hydrogen-bond acceptors (Lipinski definition) is 3. The van der Waals surface area contributed by atoms with Crippen LogP contribution in [-0.4, -0.2) is 22.6 Å². The molecule has 0 aliphatic carbocycles. The average molecular weight is 293 g/mol. The molecular formula is C14H16FN3O3. The molecule has 0 aromatic heterocycles. The van der Waals surface area contributed by atoms with E-state index in [2.05, 4.69) is 10.6 Å². The zero-order valence-corrected chi connectivity index (χ0v) is 11.7. The van der Waals surface area contributed by atoms with E-state index in [9.17, 15) is 19.1 Å². The number of halogens is 1. The first-order chi connectivity index (χ1) is 9.82. The van der Waals surface area contributed by atoms with E-state index >= 15 is 0 Å². The van der Waals surface area contributed by atoms with Crippen molar-refractivity contribution in [2.75, 3.05) is 5.32 Å². The fraction of sp³-hybridized carbons (Fsp3) is 0.357. The second-order valence-electron chi connectivity index (χ2n) is 4.77. The van der Waals surface area contributed by atoms with Crippen molar-refractivity contribution in [3.8, 4) is 6.07 Å². The topological polar surface area (TPSA) is 102 Å². The normalized spacial score (nSPS) is 12.9. The number of carbonyl (C=O) groups excluding carboxylic acids is 1. The summed E-state index contributed by atoms with van der Waals surface area (Å²) in [6, 6.07) is 4.31. The highest BCUT2D eigenvalue weighted by atomic mass is 19.1. The lowest BCUT2D eigenvalue weighted by Gasteiger charge is -2.25. The zero-order valence-electron chi connectivity index (χ0n) is 11.7. The molecule has 112 valence electrons. The minimum absolute atomic E-state index is 0.0438. The fourth-order valence-corrected chi connectivity index (χ4v) is 1.85. The van der Waals surface area contributed by atoms with Gasteiger partial charge in [-0.05, 0) is 31.5 Å². The number of benzene rings is 1. The maximum Gasteiger partial charge on any atom is 0.329 e. The van der Waals surface area contributed by atoms with Crippen LogP contribution in [0, 0.1) is 17.1 Å². The van der Waals surface area contributed by atoms with Crippen molar-refractivity contribution < 1.29 is 19.1 Å². The van der Waals surface area contributed by atoms with Gasteiger partial charge in [-0.1, -0.05) is 13.3 Å². The molecule has 0 aliphatic heterocycles. The van der Waals surface area contributed by atoms with Crippen LogP contribution in [0.5, 0.6) is 0 Å². The number of carbonyl (C=O) groups is 2. The van der Waals surface area contributed by atoms with Gasteiger partial charge in [0.05, 0.1) is 11.3 Å². The summed E-state index contributed by atoms with van der Waals surface area (Å²) in [7, 11) is 0. The maximum absolute atomic E-state index is 13.0. The Morgan fingerprint density at radius 2 is 2.14 bits per heavy atom.